The summed E-state index contributed by atoms with van der Waals surface area (Å²) < 4.78 is 2.61. The summed E-state index contributed by atoms with van der Waals surface area (Å²) in [7, 11) is 0. The van der Waals surface area contributed by atoms with Gasteiger partial charge in [-0.25, -0.2) is 0 Å². The van der Waals surface area contributed by atoms with Crippen LogP contribution in [0, 0.1) is 0 Å². The summed E-state index contributed by atoms with van der Waals surface area (Å²) >= 11 is 1.91. The number of hydrogen-bond donors (Lipinski definition) is 0. The van der Waals surface area contributed by atoms with Crippen molar-refractivity contribution in [3.05, 3.63) is 278 Å². The third kappa shape index (κ3) is 6.62. The predicted molar refractivity (Wildman–Crippen MR) is 336 cm³/mol. The molecular formula is C75H50N2S. The quantitative estimate of drug-likeness (QED) is 0.173. The van der Waals surface area contributed by atoms with Crippen LogP contribution in [0.3, 0.4) is 0 Å². The van der Waals surface area contributed by atoms with E-state index in [1.165, 1.54) is 119 Å². The fraction of sp³-hybridized carbons (Fsp3) is 0.0400. The lowest BCUT2D eigenvalue weighted by atomic mass is 9.82. The van der Waals surface area contributed by atoms with Crippen LogP contribution in [0.1, 0.15) is 25.0 Å². The second-order valence-corrected chi connectivity index (χ2v) is 22.6. The molecule has 0 fully saturated rings. The lowest BCUT2D eigenvalue weighted by Crippen LogP contribution is -2.17. The minimum atomic E-state index is -0.199. The average molecular weight is 1010 g/mol. The Hall–Kier alpha value is -9.54. The van der Waals surface area contributed by atoms with Gasteiger partial charge in [-0.1, -0.05) is 214 Å². The average Bonchev–Trinajstić information content (AvgIpc) is 4.17. The van der Waals surface area contributed by atoms with Gasteiger partial charge in [-0.3, -0.25) is 0 Å². The van der Waals surface area contributed by atoms with E-state index in [0.29, 0.717) is 0 Å². The molecule has 0 radical (unpaired) electrons. The first-order valence-electron chi connectivity index (χ1n) is 27.1. The smallest absolute Gasteiger partial charge is 0.0542 e. The number of para-hydroxylation sites is 2. The Morgan fingerprint density at radius 1 is 0.308 bits per heavy atom. The van der Waals surface area contributed by atoms with Gasteiger partial charge in [0.1, 0.15) is 0 Å². The van der Waals surface area contributed by atoms with Crippen molar-refractivity contribution in [2.75, 3.05) is 9.80 Å². The standard InChI is InChI=1S/C75H50N2S/c1-75(2)68-33-17-14-29-59(68)60-40-37-50(46-69(60)75)76(49-38-43-71-67(45-49)57-28-11-9-25-54(57)61-30-15-18-34-70(61)77(71)47-20-4-3-5-21-47)48-36-39-58-64-41-42-65-62-31-16-19-35-72(62)78-74(65)73(64)63-32-13-12-26-55(63)52-23-7-6-22-51(52)53-24-8-10-27-56(53)66(58)44-48/h3-46H,1-2H3. The molecule has 2 nitrogen and oxygen atoms in total. The van der Waals surface area contributed by atoms with Crippen LogP contribution in [0.15, 0.2) is 267 Å². The molecule has 0 N–H and O–H groups in total. The Labute approximate surface area is 457 Å². The molecule has 2 aliphatic rings. The molecule has 1 aromatic heterocycles. The van der Waals surface area contributed by atoms with Gasteiger partial charge in [0.25, 0.3) is 0 Å². The monoisotopic (exact) mass is 1010 g/mol. The second kappa shape index (κ2) is 17.2. The topological polar surface area (TPSA) is 6.48 Å². The van der Waals surface area contributed by atoms with Crippen LogP contribution in [0.2, 0.25) is 0 Å². The normalized spacial score (nSPS) is 13.1. The van der Waals surface area contributed by atoms with E-state index in [2.05, 4.69) is 291 Å². The van der Waals surface area contributed by atoms with Gasteiger partial charge in [-0.15, -0.1) is 11.3 Å². The summed E-state index contributed by atoms with van der Waals surface area (Å²) in [5.41, 5.74) is 16.6. The predicted octanol–water partition coefficient (Wildman–Crippen LogP) is 21.8. The van der Waals surface area contributed by atoms with Gasteiger partial charge in [0, 0.05) is 64.8 Å². The van der Waals surface area contributed by atoms with E-state index < -0.39 is 0 Å². The minimum Gasteiger partial charge on any atom is -0.310 e. The summed E-state index contributed by atoms with van der Waals surface area (Å²) in [5, 5.41) is 14.8. The van der Waals surface area contributed by atoms with E-state index in [0.717, 1.165) is 34.1 Å². The van der Waals surface area contributed by atoms with E-state index in [4.69, 9.17) is 0 Å². The maximum atomic E-state index is 2.52. The Morgan fingerprint density at radius 3 is 1.51 bits per heavy atom. The van der Waals surface area contributed by atoms with Crippen LogP contribution in [0.25, 0.3) is 107 Å². The van der Waals surface area contributed by atoms with Crippen molar-refractivity contribution in [2.45, 2.75) is 19.3 Å². The van der Waals surface area contributed by atoms with E-state index in [1.54, 1.807) is 0 Å². The number of nitrogens with zero attached hydrogens (tertiary/aromatic N) is 2. The number of rotatable bonds is 4. The maximum absolute atomic E-state index is 2.52. The lowest BCUT2D eigenvalue weighted by Gasteiger charge is -2.31. The molecule has 13 aromatic carbocycles. The van der Waals surface area contributed by atoms with Crippen LogP contribution in [-0.2, 0) is 5.41 Å². The highest BCUT2D eigenvalue weighted by molar-refractivity contribution is 7.26. The highest BCUT2D eigenvalue weighted by Crippen LogP contribution is 2.55. The zero-order valence-corrected chi connectivity index (χ0v) is 44.0. The fourth-order valence-corrected chi connectivity index (χ4v) is 14.7. The molecule has 14 aromatic rings. The van der Waals surface area contributed by atoms with Crippen molar-refractivity contribution in [1.82, 2.24) is 0 Å². The second-order valence-electron chi connectivity index (χ2n) is 21.5. The zero-order valence-electron chi connectivity index (χ0n) is 43.2. The van der Waals surface area contributed by atoms with Crippen molar-refractivity contribution in [3.8, 4) is 33.4 Å². The molecule has 1 aliphatic heterocycles. The van der Waals surface area contributed by atoms with Crippen LogP contribution in [0.5, 0.6) is 0 Å². The zero-order chi connectivity index (χ0) is 51.6. The van der Waals surface area contributed by atoms with Gasteiger partial charge >= 0.3 is 0 Å². The molecule has 0 amide bonds. The van der Waals surface area contributed by atoms with Crippen LogP contribution in [-0.4, -0.2) is 0 Å². The highest BCUT2D eigenvalue weighted by atomic mass is 32.1. The van der Waals surface area contributed by atoms with E-state index in [-0.39, 0.29) is 5.41 Å². The van der Waals surface area contributed by atoms with Crippen LogP contribution in [0.4, 0.5) is 34.1 Å². The van der Waals surface area contributed by atoms with Crippen molar-refractivity contribution >= 4 is 119 Å². The summed E-state index contributed by atoms with van der Waals surface area (Å²) in [4.78, 5) is 4.97. The van der Waals surface area contributed by atoms with Crippen molar-refractivity contribution in [2.24, 2.45) is 0 Å². The van der Waals surface area contributed by atoms with Crippen molar-refractivity contribution in [1.29, 1.82) is 0 Å². The first kappa shape index (κ1) is 44.7. The number of fused-ring (bicyclic) bond motifs is 22. The number of anilines is 6. The lowest BCUT2D eigenvalue weighted by molar-refractivity contribution is 0.660. The van der Waals surface area contributed by atoms with Crippen molar-refractivity contribution < 1.29 is 0 Å². The first-order valence-corrected chi connectivity index (χ1v) is 27.9. The van der Waals surface area contributed by atoms with Gasteiger partial charge in [-0.05, 0) is 149 Å². The molecule has 16 rings (SSSR count). The first-order chi connectivity index (χ1) is 38.5. The van der Waals surface area contributed by atoms with Gasteiger partial charge in [0.15, 0.2) is 0 Å². The maximum Gasteiger partial charge on any atom is 0.0542 e. The molecule has 3 heteroatoms. The highest BCUT2D eigenvalue weighted by Gasteiger charge is 2.36. The molecule has 0 saturated carbocycles. The molecule has 0 saturated heterocycles. The van der Waals surface area contributed by atoms with Crippen LogP contribution >= 0.6 is 11.3 Å². The number of hydrogen-bond acceptors (Lipinski definition) is 3. The molecule has 78 heavy (non-hydrogen) atoms. The SMILES string of the molecule is CC1(C)c2ccccc2-c2ccc(N(c3ccc4c(c3)-c3ccccc3-c3ccccc3N4c3ccccc3)c3ccc4c(c3)c3ccccc3c3ccccc3c3ccccc3c3c4ccc4c5ccccc5sc43)cc21. The van der Waals surface area contributed by atoms with Gasteiger partial charge in [0.2, 0.25) is 0 Å². The fourth-order valence-electron chi connectivity index (χ4n) is 13.4. The van der Waals surface area contributed by atoms with Crippen LogP contribution < -0.4 is 9.80 Å². The van der Waals surface area contributed by atoms with E-state index in [1.807, 2.05) is 11.3 Å². The Kier molecular flexibility index (Phi) is 9.89. The third-order valence-electron chi connectivity index (χ3n) is 17.0. The van der Waals surface area contributed by atoms with E-state index in [9.17, 15) is 0 Å². The van der Waals surface area contributed by atoms with Gasteiger partial charge in [-0.2, -0.15) is 0 Å². The summed E-state index contributed by atoms with van der Waals surface area (Å²) in [6.45, 7) is 4.77. The number of thiophene rings is 1. The molecule has 0 bridgehead atoms. The minimum absolute atomic E-state index is 0.199. The molecule has 366 valence electrons. The summed E-state index contributed by atoms with van der Waals surface area (Å²) in [6.07, 6.45) is 0. The number of benzene rings is 12. The molecular weight excluding hydrogens is 961 g/mol. The molecule has 0 spiro atoms. The Balaban J connectivity index is 1.04. The summed E-state index contributed by atoms with van der Waals surface area (Å²) in [5.74, 6) is 0. The Bertz CT molecular complexity index is 4910. The Morgan fingerprint density at radius 2 is 0.769 bits per heavy atom. The van der Waals surface area contributed by atoms with E-state index >= 15 is 0 Å². The summed E-state index contributed by atoms with van der Waals surface area (Å²) in [6, 6.07) is 100. The largest absolute Gasteiger partial charge is 0.310 e. The third-order valence-corrected chi connectivity index (χ3v) is 18.2. The van der Waals surface area contributed by atoms with Crippen molar-refractivity contribution in [3.63, 3.8) is 0 Å². The van der Waals surface area contributed by atoms with Gasteiger partial charge < -0.3 is 9.80 Å². The molecule has 0 unspecified atom stereocenters. The van der Waals surface area contributed by atoms with Gasteiger partial charge in [0.05, 0.1) is 11.4 Å². The molecule has 2 heterocycles. The molecule has 0 atom stereocenters. The molecule has 1 aliphatic carbocycles.